The van der Waals surface area contributed by atoms with Crippen molar-refractivity contribution in [3.63, 3.8) is 0 Å². The number of carbonyl (C=O) groups excluding carboxylic acids is 3. The quantitative estimate of drug-likeness (QED) is 0.0575. The molecule has 5 atom stereocenters. The summed E-state index contributed by atoms with van der Waals surface area (Å²) in [6, 6.07) is -2.75. The molecule has 234 valence electrons. The first-order valence-corrected chi connectivity index (χ1v) is 13.9. The topological polar surface area (TPSA) is 239 Å². The molecule has 0 unspecified atom stereocenters. The summed E-state index contributed by atoms with van der Waals surface area (Å²) >= 11 is 0. The average Bonchev–Trinajstić information content (AvgIpc) is 2.90. The van der Waals surface area contributed by atoms with Gasteiger partial charge in [0, 0.05) is 45.5 Å². The molecule has 1 saturated heterocycles. The Kier molecular flexibility index (Phi) is 15.7. The fraction of sp³-hybridized carbons (Fsp3) is 0.769. The SMILES string of the molecule is CN[C@H](CC(C)C)C(=O)N[C@@H](CCC(=O)O)C(=O)N1CC[C@H](OC)[C@H](CC(=O)N[C@@H](CCCN=C(N)N)C(=O)O)C1. The first-order chi connectivity index (χ1) is 19.3. The molecular weight excluding hydrogens is 538 g/mol. The van der Waals surface area contributed by atoms with Gasteiger partial charge in [-0.15, -0.1) is 0 Å². The molecule has 15 heteroatoms. The van der Waals surface area contributed by atoms with E-state index >= 15 is 0 Å². The molecule has 0 radical (unpaired) electrons. The number of carboxylic acid groups (broad SMARTS) is 2. The number of hydrogen-bond acceptors (Lipinski definition) is 8. The summed E-state index contributed by atoms with van der Waals surface area (Å²) in [7, 11) is 3.14. The summed E-state index contributed by atoms with van der Waals surface area (Å²) in [5, 5.41) is 26.9. The minimum Gasteiger partial charge on any atom is -0.481 e. The molecule has 0 saturated carbocycles. The number of rotatable bonds is 18. The van der Waals surface area contributed by atoms with E-state index in [1.807, 2.05) is 13.8 Å². The maximum Gasteiger partial charge on any atom is 0.326 e. The zero-order chi connectivity index (χ0) is 31.1. The number of likely N-dealkylation sites (N-methyl/N-ethyl adjacent to an activating group) is 1. The highest BCUT2D eigenvalue weighted by Gasteiger charge is 2.37. The van der Waals surface area contributed by atoms with Gasteiger partial charge < -0.3 is 47.3 Å². The van der Waals surface area contributed by atoms with Crippen molar-refractivity contribution in [2.75, 3.05) is 33.8 Å². The van der Waals surface area contributed by atoms with E-state index in [0.717, 1.165) is 0 Å². The molecule has 1 aliphatic heterocycles. The van der Waals surface area contributed by atoms with Crippen molar-refractivity contribution in [2.45, 2.75) is 83.0 Å². The third-order valence-corrected chi connectivity index (χ3v) is 6.94. The fourth-order valence-electron chi connectivity index (χ4n) is 4.81. The molecular formula is C26H47N7O8. The van der Waals surface area contributed by atoms with Gasteiger partial charge in [0.15, 0.2) is 5.96 Å². The molecule has 3 amide bonds. The Morgan fingerprint density at radius 3 is 2.27 bits per heavy atom. The molecule has 1 rings (SSSR count). The highest BCUT2D eigenvalue weighted by atomic mass is 16.5. The van der Waals surface area contributed by atoms with Crippen molar-refractivity contribution in [1.29, 1.82) is 0 Å². The van der Waals surface area contributed by atoms with Crippen molar-refractivity contribution in [3.05, 3.63) is 0 Å². The molecule has 1 fully saturated rings. The number of aliphatic imine (C=N–C) groups is 1. The maximum atomic E-state index is 13.5. The lowest BCUT2D eigenvalue weighted by molar-refractivity contribution is -0.144. The van der Waals surface area contributed by atoms with Gasteiger partial charge in [-0.3, -0.25) is 24.2 Å². The molecule has 0 bridgehead atoms. The van der Waals surface area contributed by atoms with E-state index in [0.29, 0.717) is 25.8 Å². The van der Waals surface area contributed by atoms with E-state index in [9.17, 15) is 34.2 Å². The standard InChI is InChI=1S/C26H47N7O8/c1-15(2)12-19(29-3)23(37)32-17(7-8-22(35)36)24(38)33-11-9-20(41-4)16(14-33)13-21(34)31-18(25(39)40)6-5-10-30-26(27)28/h15-20,29H,5-14H2,1-4H3,(H,31,34)(H,32,37)(H,35,36)(H,39,40)(H4,27,28,30)/t16-,17+,18+,19-,20+/m1/s1. The highest BCUT2D eigenvalue weighted by Crippen LogP contribution is 2.24. The monoisotopic (exact) mass is 585 g/mol. The van der Waals surface area contributed by atoms with Gasteiger partial charge in [0.25, 0.3) is 0 Å². The molecule has 0 aromatic carbocycles. The largest absolute Gasteiger partial charge is 0.481 e. The first-order valence-electron chi connectivity index (χ1n) is 13.9. The summed E-state index contributed by atoms with van der Waals surface area (Å²) in [6.07, 6.45) is 0.548. The number of guanidine groups is 1. The lowest BCUT2D eigenvalue weighted by atomic mass is 9.90. The second-order valence-corrected chi connectivity index (χ2v) is 10.7. The molecule has 1 heterocycles. The average molecular weight is 586 g/mol. The van der Waals surface area contributed by atoms with Crippen LogP contribution >= 0.6 is 0 Å². The second-order valence-electron chi connectivity index (χ2n) is 10.7. The maximum absolute atomic E-state index is 13.5. The number of aliphatic carboxylic acids is 2. The highest BCUT2D eigenvalue weighted by molar-refractivity contribution is 5.90. The number of nitrogens with two attached hydrogens (primary N) is 2. The first kappa shape index (κ1) is 35.6. The van der Waals surface area contributed by atoms with Crippen LogP contribution in [0.5, 0.6) is 0 Å². The molecule has 0 spiro atoms. The van der Waals surface area contributed by atoms with Gasteiger partial charge >= 0.3 is 11.9 Å². The second kappa shape index (κ2) is 18.1. The zero-order valence-electron chi connectivity index (χ0n) is 24.4. The van der Waals surface area contributed by atoms with Crippen LogP contribution in [-0.4, -0.2) is 109 Å². The van der Waals surface area contributed by atoms with Crippen LogP contribution < -0.4 is 27.4 Å². The Labute approximate surface area is 240 Å². The summed E-state index contributed by atoms with van der Waals surface area (Å²) in [4.78, 5) is 67.5. The molecule has 9 N–H and O–H groups in total. The van der Waals surface area contributed by atoms with Crippen LogP contribution in [0, 0.1) is 11.8 Å². The molecule has 0 aromatic heterocycles. The van der Waals surface area contributed by atoms with Gasteiger partial charge in [0.1, 0.15) is 12.1 Å². The normalized spacial score (nSPS) is 19.1. The van der Waals surface area contributed by atoms with Gasteiger partial charge in [0.05, 0.1) is 12.1 Å². The Morgan fingerprint density at radius 1 is 1.05 bits per heavy atom. The number of amides is 3. The van der Waals surface area contributed by atoms with Crippen molar-refractivity contribution in [1.82, 2.24) is 20.9 Å². The minimum atomic E-state index is -1.19. The molecule has 41 heavy (non-hydrogen) atoms. The van der Waals surface area contributed by atoms with Gasteiger partial charge in [-0.1, -0.05) is 13.8 Å². The number of likely N-dealkylation sites (tertiary alicyclic amines) is 1. The third-order valence-electron chi connectivity index (χ3n) is 6.94. The zero-order valence-corrected chi connectivity index (χ0v) is 24.4. The lowest BCUT2D eigenvalue weighted by Gasteiger charge is -2.39. The van der Waals surface area contributed by atoms with Crippen LogP contribution in [0.2, 0.25) is 0 Å². The molecule has 1 aliphatic rings. The summed E-state index contributed by atoms with van der Waals surface area (Å²) in [6.45, 7) is 4.56. The van der Waals surface area contributed by atoms with Gasteiger partial charge in [-0.05, 0) is 45.1 Å². The number of hydrogen-bond donors (Lipinski definition) is 7. The number of nitrogens with zero attached hydrogens (tertiary/aromatic N) is 2. The van der Waals surface area contributed by atoms with Crippen LogP contribution in [0.3, 0.4) is 0 Å². The molecule has 0 aromatic rings. The minimum absolute atomic E-state index is 0.0898. The summed E-state index contributed by atoms with van der Waals surface area (Å²) < 4.78 is 5.55. The van der Waals surface area contributed by atoms with Crippen molar-refractivity contribution in [2.24, 2.45) is 28.3 Å². The van der Waals surface area contributed by atoms with Gasteiger partial charge in [0.2, 0.25) is 17.7 Å². The summed E-state index contributed by atoms with van der Waals surface area (Å²) in [5.41, 5.74) is 10.5. The smallest absolute Gasteiger partial charge is 0.326 e. The lowest BCUT2D eigenvalue weighted by Crippen LogP contribution is -2.56. The van der Waals surface area contributed by atoms with Crippen LogP contribution in [0.1, 0.15) is 58.8 Å². The number of piperidine rings is 1. The van der Waals surface area contributed by atoms with Crippen molar-refractivity contribution in [3.8, 4) is 0 Å². The third kappa shape index (κ3) is 13.2. The number of ether oxygens (including phenoxy) is 1. The van der Waals surface area contributed by atoms with Crippen LogP contribution in [0.15, 0.2) is 4.99 Å². The van der Waals surface area contributed by atoms with E-state index in [4.69, 9.17) is 16.2 Å². The van der Waals surface area contributed by atoms with Gasteiger partial charge in [-0.2, -0.15) is 0 Å². The van der Waals surface area contributed by atoms with E-state index in [-0.39, 0.29) is 56.8 Å². The van der Waals surface area contributed by atoms with Crippen LogP contribution in [0.25, 0.3) is 0 Å². The summed E-state index contributed by atoms with van der Waals surface area (Å²) in [5.74, 6) is -3.98. The predicted octanol–water partition coefficient (Wildman–Crippen LogP) is -1.15. The Morgan fingerprint density at radius 2 is 1.73 bits per heavy atom. The number of methoxy groups -OCH3 is 1. The number of nitrogens with one attached hydrogen (secondary N) is 3. The Balaban J connectivity index is 2.94. The van der Waals surface area contributed by atoms with Crippen LogP contribution in [-0.2, 0) is 28.7 Å². The Hall–Kier alpha value is -3.46. The molecule has 15 nitrogen and oxygen atoms in total. The van der Waals surface area contributed by atoms with E-state index in [1.54, 1.807) is 7.05 Å². The van der Waals surface area contributed by atoms with Gasteiger partial charge in [-0.25, -0.2) is 4.79 Å². The Bertz CT molecular complexity index is 926. The van der Waals surface area contributed by atoms with E-state index < -0.39 is 53.7 Å². The van der Waals surface area contributed by atoms with E-state index in [1.165, 1.54) is 12.0 Å². The van der Waals surface area contributed by atoms with Crippen LogP contribution in [0.4, 0.5) is 0 Å². The van der Waals surface area contributed by atoms with E-state index in [2.05, 4.69) is 20.9 Å². The number of carboxylic acids is 2. The predicted molar refractivity (Wildman–Crippen MR) is 151 cm³/mol. The number of carbonyl (C=O) groups is 5. The van der Waals surface area contributed by atoms with Crippen molar-refractivity contribution < 1.29 is 38.9 Å². The molecule has 0 aliphatic carbocycles. The fourth-order valence-corrected chi connectivity index (χ4v) is 4.81. The van der Waals surface area contributed by atoms with Crippen molar-refractivity contribution >= 4 is 35.6 Å².